The molecule has 2 heterocycles. The van der Waals surface area contributed by atoms with Crippen LogP contribution in [-0.2, 0) is 12.5 Å². The average Bonchev–Trinajstić information content (AvgIpc) is 3.20. The quantitative estimate of drug-likeness (QED) is 0.338. The van der Waals surface area contributed by atoms with Gasteiger partial charge in [0.1, 0.15) is 22.8 Å². The third-order valence-corrected chi connectivity index (χ3v) is 5.54. The number of imidazole rings is 1. The molecular formula is C23H22ClF4N4NaO. The Hall–Kier alpha value is -2.07. The molecule has 1 N–H and O–H groups in total. The van der Waals surface area contributed by atoms with E-state index in [1.54, 1.807) is 11.7 Å². The van der Waals surface area contributed by atoms with Gasteiger partial charge in [-0.25, -0.2) is 9.37 Å². The van der Waals surface area contributed by atoms with E-state index in [2.05, 4.69) is 40.6 Å². The Morgan fingerprint density at radius 3 is 2.41 bits per heavy atom. The van der Waals surface area contributed by atoms with Gasteiger partial charge in [-0.2, -0.15) is 5.10 Å². The van der Waals surface area contributed by atoms with Crippen LogP contribution in [0.25, 0.3) is 33.7 Å². The summed E-state index contributed by atoms with van der Waals surface area (Å²) in [6, 6.07) is 6.12. The van der Waals surface area contributed by atoms with Gasteiger partial charge in [0.05, 0.1) is 21.8 Å². The molecule has 5 nitrogen and oxygen atoms in total. The van der Waals surface area contributed by atoms with Crippen molar-refractivity contribution in [3.8, 4) is 28.4 Å². The molecule has 0 amide bonds. The number of aromatic amines is 1. The molecule has 4 rings (SSSR count). The number of hydrogen-bond acceptors (Lipinski definition) is 3. The van der Waals surface area contributed by atoms with Crippen molar-refractivity contribution in [3.63, 3.8) is 0 Å². The molecule has 0 bridgehead atoms. The number of halogens is 5. The Kier molecular flexibility index (Phi) is 7.17. The van der Waals surface area contributed by atoms with E-state index in [1.165, 1.54) is 12.1 Å². The summed E-state index contributed by atoms with van der Waals surface area (Å²) in [5, 5.41) is 4.78. The average molecular weight is 505 g/mol. The maximum atomic E-state index is 14.6. The van der Waals surface area contributed by atoms with E-state index < -0.39 is 17.9 Å². The maximum absolute atomic E-state index is 14.6. The van der Waals surface area contributed by atoms with Crippen LogP contribution in [0.1, 0.15) is 33.5 Å². The third kappa shape index (κ3) is 4.98. The molecule has 0 saturated carbocycles. The molecule has 2 aromatic carbocycles. The van der Waals surface area contributed by atoms with Crippen LogP contribution in [0.15, 0.2) is 30.3 Å². The molecule has 0 aliphatic carbocycles. The van der Waals surface area contributed by atoms with Crippen LogP contribution >= 0.6 is 11.6 Å². The van der Waals surface area contributed by atoms with Crippen LogP contribution in [0.3, 0.4) is 0 Å². The molecule has 0 unspecified atom stereocenters. The Morgan fingerprint density at radius 2 is 1.82 bits per heavy atom. The fourth-order valence-electron chi connectivity index (χ4n) is 4.00. The second-order valence-electron chi connectivity index (χ2n) is 8.80. The Morgan fingerprint density at radius 1 is 1.15 bits per heavy atom. The molecule has 0 spiro atoms. The van der Waals surface area contributed by atoms with Crippen LogP contribution in [0.4, 0.5) is 17.6 Å². The molecule has 0 saturated heterocycles. The van der Waals surface area contributed by atoms with Gasteiger partial charge in [-0.1, -0.05) is 38.4 Å². The topological polar surface area (TPSA) is 55.7 Å². The largest absolute Gasteiger partial charge is 1.00 e. The number of alkyl halides is 3. The van der Waals surface area contributed by atoms with Crippen LogP contribution in [0, 0.1) is 12.7 Å². The number of nitrogens with one attached hydrogen (secondary N) is 1. The molecule has 0 aliphatic rings. The fourth-order valence-corrected chi connectivity index (χ4v) is 4.26. The van der Waals surface area contributed by atoms with Crippen molar-refractivity contribution in [3.05, 3.63) is 52.4 Å². The molecule has 34 heavy (non-hydrogen) atoms. The van der Waals surface area contributed by atoms with Crippen molar-refractivity contribution in [2.75, 3.05) is 0 Å². The van der Waals surface area contributed by atoms with Gasteiger partial charge in [0, 0.05) is 18.0 Å². The minimum absolute atomic E-state index is 0. The van der Waals surface area contributed by atoms with Gasteiger partial charge in [0.2, 0.25) is 0 Å². The molecule has 11 heteroatoms. The predicted octanol–water partition coefficient (Wildman–Crippen LogP) is 4.04. The second-order valence-corrected chi connectivity index (χ2v) is 9.20. The van der Waals surface area contributed by atoms with Gasteiger partial charge in [-0.15, -0.1) is 13.2 Å². The first-order valence-corrected chi connectivity index (χ1v) is 10.4. The van der Waals surface area contributed by atoms with Gasteiger partial charge in [-0.3, -0.25) is 4.68 Å². The zero-order valence-corrected chi connectivity index (χ0v) is 22.3. The van der Waals surface area contributed by atoms with E-state index in [1.807, 2.05) is 6.92 Å². The Bertz CT molecular complexity index is 1380. The second kappa shape index (κ2) is 9.18. The van der Waals surface area contributed by atoms with Gasteiger partial charge in [0.15, 0.2) is 5.82 Å². The summed E-state index contributed by atoms with van der Waals surface area (Å²) in [4.78, 5) is 7.74. The summed E-state index contributed by atoms with van der Waals surface area (Å²) in [6.45, 7) is 8.12. The molecule has 4 aromatic rings. The Labute approximate surface area is 222 Å². The van der Waals surface area contributed by atoms with Crippen molar-refractivity contribution in [1.29, 1.82) is 0 Å². The number of nitrogens with zero attached hydrogens (tertiary/aromatic N) is 3. The summed E-state index contributed by atoms with van der Waals surface area (Å²) >= 11 is 6.42. The van der Waals surface area contributed by atoms with Crippen LogP contribution in [0.5, 0.6) is 5.75 Å². The summed E-state index contributed by atoms with van der Waals surface area (Å²) in [5.74, 6) is -1.04. The SMILES string of the molecule is Cc1c(C(C)(C)C)nn(C)c1-c1nc2c(Cl)cc(-c3c(F)cccc3OC(F)(F)F)cc2[nH]1.[H-].[Na+]. The fraction of sp³-hybridized carbons (Fsp3) is 0.304. The van der Waals surface area contributed by atoms with Gasteiger partial charge in [-0.05, 0) is 36.8 Å². The van der Waals surface area contributed by atoms with Gasteiger partial charge < -0.3 is 11.1 Å². The number of rotatable bonds is 3. The van der Waals surface area contributed by atoms with Crippen molar-refractivity contribution in [2.24, 2.45) is 7.05 Å². The third-order valence-electron chi connectivity index (χ3n) is 5.25. The molecule has 176 valence electrons. The first-order valence-electron chi connectivity index (χ1n) is 10.0. The molecule has 0 fully saturated rings. The summed E-state index contributed by atoms with van der Waals surface area (Å²) in [7, 11) is 1.80. The predicted molar refractivity (Wildman–Crippen MR) is 120 cm³/mol. The zero-order valence-electron chi connectivity index (χ0n) is 20.5. The number of benzene rings is 2. The molecule has 0 aliphatic heterocycles. The first-order chi connectivity index (χ1) is 15.3. The minimum Gasteiger partial charge on any atom is -1.00 e. The monoisotopic (exact) mass is 504 g/mol. The number of fused-ring (bicyclic) bond motifs is 1. The Balaban J connectivity index is 0.00000216. The number of hydrogen-bond donors (Lipinski definition) is 1. The minimum atomic E-state index is -4.97. The van der Waals surface area contributed by atoms with Crippen molar-refractivity contribution >= 4 is 22.6 Å². The first kappa shape index (κ1) is 26.5. The van der Waals surface area contributed by atoms with Crippen LogP contribution in [-0.4, -0.2) is 26.1 Å². The van der Waals surface area contributed by atoms with Crippen LogP contribution in [0.2, 0.25) is 5.02 Å². The molecule has 0 atom stereocenters. The molecule has 2 aromatic heterocycles. The van der Waals surface area contributed by atoms with Crippen molar-refractivity contribution < 1.29 is 53.3 Å². The number of aromatic nitrogens is 4. The normalized spacial score (nSPS) is 12.2. The molecular weight excluding hydrogens is 483 g/mol. The van der Waals surface area contributed by atoms with E-state index >= 15 is 0 Å². The van der Waals surface area contributed by atoms with Crippen molar-refractivity contribution in [1.82, 2.24) is 19.7 Å². The van der Waals surface area contributed by atoms with E-state index in [4.69, 9.17) is 11.6 Å². The maximum Gasteiger partial charge on any atom is 1.00 e. The summed E-state index contributed by atoms with van der Waals surface area (Å²) in [6.07, 6.45) is -4.97. The van der Waals surface area contributed by atoms with E-state index in [0.29, 0.717) is 16.9 Å². The smallest absolute Gasteiger partial charge is 1.00 e. The number of ether oxygens (including phenoxy) is 1. The van der Waals surface area contributed by atoms with E-state index in [0.717, 1.165) is 35.2 Å². The number of H-pyrrole nitrogens is 1. The summed E-state index contributed by atoms with van der Waals surface area (Å²) < 4.78 is 58.9. The number of aryl methyl sites for hydroxylation is 1. The van der Waals surface area contributed by atoms with Crippen molar-refractivity contribution in [2.45, 2.75) is 39.5 Å². The standard InChI is InChI=1S/C23H21ClF4N4O.Na.H/c1-11-19(32(5)31-20(11)22(2,3)4)21-29-15-10-12(9-13(24)18(15)30-21)17-14(25)7-6-8-16(17)33-23(26,27)28;;/h6-10H,1-5H3,(H,29,30);;/q;+1;-1. The van der Waals surface area contributed by atoms with Gasteiger partial charge >= 0.3 is 35.9 Å². The van der Waals surface area contributed by atoms with E-state index in [-0.39, 0.29) is 52.5 Å². The van der Waals surface area contributed by atoms with Crippen LogP contribution < -0.4 is 34.3 Å². The zero-order chi connectivity index (χ0) is 24.3. The molecule has 0 radical (unpaired) electrons. The van der Waals surface area contributed by atoms with E-state index in [9.17, 15) is 17.6 Å². The van der Waals surface area contributed by atoms with Gasteiger partial charge in [0.25, 0.3) is 0 Å². The summed E-state index contributed by atoms with van der Waals surface area (Å²) in [5.41, 5.74) is 3.04.